The van der Waals surface area contributed by atoms with Crippen molar-refractivity contribution in [2.45, 2.75) is 5.75 Å². The van der Waals surface area contributed by atoms with Gasteiger partial charge in [-0.05, 0) is 17.7 Å². The van der Waals surface area contributed by atoms with Gasteiger partial charge in [-0.1, -0.05) is 12.1 Å². The number of rotatable bonds is 8. The second-order valence-electron chi connectivity index (χ2n) is 4.11. The van der Waals surface area contributed by atoms with Gasteiger partial charge in [-0.15, -0.1) is 0 Å². The van der Waals surface area contributed by atoms with E-state index in [-0.39, 0.29) is 37.6 Å². The molecule has 0 unspecified atom stereocenters. The van der Waals surface area contributed by atoms with Gasteiger partial charge in [0.1, 0.15) is 0 Å². The normalized spacial score (nSPS) is 11.8. The van der Waals surface area contributed by atoms with E-state index in [1.54, 1.807) is 0 Å². The molecule has 0 amide bonds. The van der Waals surface area contributed by atoms with E-state index >= 15 is 0 Å². The summed E-state index contributed by atoms with van der Waals surface area (Å²) in [6.07, 6.45) is 0. The zero-order chi connectivity index (χ0) is 15.2. The third kappa shape index (κ3) is 4.57. The van der Waals surface area contributed by atoms with E-state index in [4.69, 9.17) is 15.3 Å². The van der Waals surface area contributed by atoms with Gasteiger partial charge in [-0.2, -0.15) is 4.31 Å². The SMILES string of the molecule is O=C(O)c1cccc(CS(=O)(=O)N(CCO)CCO)c1. The van der Waals surface area contributed by atoms with Crippen molar-refractivity contribution < 1.29 is 28.5 Å². The highest BCUT2D eigenvalue weighted by Crippen LogP contribution is 2.12. The van der Waals surface area contributed by atoms with Crippen molar-refractivity contribution in [1.82, 2.24) is 4.31 Å². The fourth-order valence-corrected chi connectivity index (χ4v) is 3.21. The predicted molar refractivity (Wildman–Crippen MR) is 71.8 cm³/mol. The van der Waals surface area contributed by atoms with Gasteiger partial charge in [0.2, 0.25) is 10.0 Å². The Labute approximate surface area is 117 Å². The maximum atomic E-state index is 12.1. The molecule has 0 saturated carbocycles. The summed E-state index contributed by atoms with van der Waals surface area (Å²) in [7, 11) is -3.72. The van der Waals surface area contributed by atoms with Crippen LogP contribution in [0.15, 0.2) is 24.3 Å². The molecular formula is C12H17NO6S. The molecule has 112 valence electrons. The van der Waals surface area contributed by atoms with Gasteiger partial charge in [0.05, 0.1) is 24.5 Å². The number of hydrogen-bond donors (Lipinski definition) is 3. The molecule has 0 radical (unpaired) electrons. The van der Waals surface area contributed by atoms with Crippen LogP contribution < -0.4 is 0 Å². The Balaban J connectivity index is 2.94. The summed E-state index contributed by atoms with van der Waals surface area (Å²) in [5.74, 6) is -1.51. The van der Waals surface area contributed by atoms with Crippen LogP contribution in [0, 0.1) is 0 Å². The Bertz CT molecular complexity index is 551. The number of carbonyl (C=O) groups is 1. The first-order valence-corrected chi connectivity index (χ1v) is 7.53. The average Bonchev–Trinajstić information content (AvgIpc) is 2.38. The molecule has 20 heavy (non-hydrogen) atoms. The second kappa shape index (κ2) is 7.34. The molecule has 0 aliphatic heterocycles. The maximum absolute atomic E-state index is 12.1. The van der Waals surface area contributed by atoms with E-state index in [9.17, 15) is 13.2 Å². The van der Waals surface area contributed by atoms with Gasteiger partial charge >= 0.3 is 5.97 Å². The number of aliphatic hydroxyl groups excluding tert-OH is 2. The molecule has 0 atom stereocenters. The van der Waals surface area contributed by atoms with Crippen molar-refractivity contribution in [3.05, 3.63) is 35.4 Å². The highest BCUT2D eigenvalue weighted by Gasteiger charge is 2.21. The first-order chi connectivity index (χ1) is 9.40. The Kier molecular flexibility index (Phi) is 6.08. The van der Waals surface area contributed by atoms with Crippen LogP contribution in [0.5, 0.6) is 0 Å². The lowest BCUT2D eigenvalue weighted by Gasteiger charge is -2.20. The average molecular weight is 303 g/mol. The Hall–Kier alpha value is -1.48. The minimum atomic E-state index is -3.72. The summed E-state index contributed by atoms with van der Waals surface area (Å²) in [4.78, 5) is 10.8. The molecule has 0 aromatic heterocycles. The quantitative estimate of drug-likeness (QED) is 0.596. The lowest BCUT2D eigenvalue weighted by molar-refractivity contribution is 0.0696. The van der Waals surface area contributed by atoms with Crippen LogP contribution in [-0.2, 0) is 15.8 Å². The molecule has 1 rings (SSSR count). The van der Waals surface area contributed by atoms with Crippen LogP contribution >= 0.6 is 0 Å². The third-order valence-corrected chi connectivity index (χ3v) is 4.47. The molecule has 3 N–H and O–H groups in total. The highest BCUT2D eigenvalue weighted by atomic mass is 32.2. The zero-order valence-electron chi connectivity index (χ0n) is 10.8. The summed E-state index contributed by atoms with van der Waals surface area (Å²) in [6, 6.07) is 5.64. The summed E-state index contributed by atoms with van der Waals surface area (Å²) in [6.45, 7) is -0.925. The largest absolute Gasteiger partial charge is 0.478 e. The molecule has 1 aromatic rings. The van der Waals surface area contributed by atoms with Gasteiger partial charge in [-0.25, -0.2) is 13.2 Å². The van der Waals surface area contributed by atoms with Gasteiger partial charge < -0.3 is 15.3 Å². The number of benzene rings is 1. The first kappa shape index (κ1) is 16.6. The summed E-state index contributed by atoms with van der Waals surface area (Å²) in [5.41, 5.74) is 0.347. The Morgan fingerprint density at radius 1 is 1.15 bits per heavy atom. The molecule has 0 bridgehead atoms. The molecule has 0 aliphatic carbocycles. The number of nitrogens with zero attached hydrogens (tertiary/aromatic N) is 1. The van der Waals surface area contributed by atoms with Crippen molar-refractivity contribution in [3.63, 3.8) is 0 Å². The number of hydrogen-bond acceptors (Lipinski definition) is 5. The Morgan fingerprint density at radius 3 is 2.25 bits per heavy atom. The summed E-state index contributed by atoms with van der Waals surface area (Å²) < 4.78 is 25.2. The van der Waals surface area contributed by atoms with Gasteiger partial charge in [0.25, 0.3) is 0 Å². The van der Waals surface area contributed by atoms with E-state index in [1.165, 1.54) is 24.3 Å². The van der Waals surface area contributed by atoms with Crippen LogP contribution in [0.2, 0.25) is 0 Å². The summed E-state index contributed by atoms with van der Waals surface area (Å²) in [5, 5.41) is 26.5. The van der Waals surface area contributed by atoms with Crippen molar-refractivity contribution in [3.8, 4) is 0 Å². The van der Waals surface area contributed by atoms with Crippen LogP contribution in [0.1, 0.15) is 15.9 Å². The van der Waals surface area contributed by atoms with E-state index in [2.05, 4.69) is 0 Å². The molecular weight excluding hydrogens is 286 g/mol. The Morgan fingerprint density at radius 2 is 1.75 bits per heavy atom. The molecule has 8 heteroatoms. The standard InChI is InChI=1S/C12H17NO6S/c14-6-4-13(5-7-15)20(18,19)9-10-2-1-3-11(8-10)12(16)17/h1-3,8,14-15H,4-7,9H2,(H,16,17). The topological polar surface area (TPSA) is 115 Å². The molecule has 0 spiro atoms. The molecule has 0 saturated heterocycles. The molecule has 0 aliphatic rings. The summed E-state index contributed by atoms with van der Waals surface area (Å²) >= 11 is 0. The first-order valence-electron chi connectivity index (χ1n) is 5.92. The third-order valence-electron chi connectivity index (χ3n) is 2.62. The second-order valence-corrected chi connectivity index (χ2v) is 6.08. The number of sulfonamides is 1. The molecule has 0 heterocycles. The lowest BCUT2D eigenvalue weighted by Crippen LogP contribution is -2.36. The van der Waals surface area contributed by atoms with Crippen LogP contribution in [0.3, 0.4) is 0 Å². The van der Waals surface area contributed by atoms with Gasteiger partial charge in [0.15, 0.2) is 0 Å². The minimum absolute atomic E-state index is 0.00793. The number of carboxylic acid groups (broad SMARTS) is 1. The van der Waals surface area contributed by atoms with E-state index in [0.717, 1.165) is 4.31 Å². The van der Waals surface area contributed by atoms with E-state index < -0.39 is 16.0 Å². The fraction of sp³-hybridized carbons (Fsp3) is 0.417. The van der Waals surface area contributed by atoms with Gasteiger partial charge in [-0.3, -0.25) is 0 Å². The van der Waals surface area contributed by atoms with Crippen LogP contribution in [0.25, 0.3) is 0 Å². The van der Waals surface area contributed by atoms with Crippen molar-refractivity contribution in [2.24, 2.45) is 0 Å². The fourth-order valence-electron chi connectivity index (χ4n) is 1.71. The van der Waals surface area contributed by atoms with Crippen molar-refractivity contribution >= 4 is 16.0 Å². The molecule has 7 nitrogen and oxygen atoms in total. The zero-order valence-corrected chi connectivity index (χ0v) is 11.6. The lowest BCUT2D eigenvalue weighted by atomic mass is 10.1. The monoisotopic (exact) mass is 303 g/mol. The van der Waals surface area contributed by atoms with E-state index in [0.29, 0.717) is 5.56 Å². The smallest absolute Gasteiger partial charge is 0.335 e. The number of aliphatic hydroxyl groups is 2. The van der Waals surface area contributed by atoms with E-state index in [1.807, 2.05) is 0 Å². The van der Waals surface area contributed by atoms with Crippen LogP contribution in [-0.4, -0.2) is 60.3 Å². The molecule has 0 fully saturated rings. The van der Waals surface area contributed by atoms with Crippen molar-refractivity contribution in [2.75, 3.05) is 26.3 Å². The van der Waals surface area contributed by atoms with Crippen molar-refractivity contribution in [1.29, 1.82) is 0 Å². The number of aromatic carboxylic acids is 1. The van der Waals surface area contributed by atoms with Gasteiger partial charge in [0, 0.05) is 13.1 Å². The molecule has 1 aromatic carbocycles. The number of carboxylic acids is 1. The highest BCUT2D eigenvalue weighted by molar-refractivity contribution is 7.88. The minimum Gasteiger partial charge on any atom is -0.478 e. The van der Waals surface area contributed by atoms with Crippen LogP contribution in [0.4, 0.5) is 0 Å². The maximum Gasteiger partial charge on any atom is 0.335 e. The predicted octanol–water partition coefficient (Wildman–Crippen LogP) is -0.499.